The molecule has 146 valence electrons. The van der Waals surface area contributed by atoms with Crippen LogP contribution in [0.1, 0.15) is 21.5 Å². The van der Waals surface area contributed by atoms with Crippen LogP contribution >= 0.6 is 0 Å². The highest BCUT2D eigenvalue weighted by molar-refractivity contribution is 6.01. The van der Waals surface area contributed by atoms with Crippen LogP contribution in [0.3, 0.4) is 0 Å². The van der Waals surface area contributed by atoms with Gasteiger partial charge < -0.3 is 15.5 Å². The lowest BCUT2D eigenvalue weighted by Crippen LogP contribution is -2.34. The second-order valence-corrected chi connectivity index (χ2v) is 6.99. The summed E-state index contributed by atoms with van der Waals surface area (Å²) in [6.45, 7) is 1.29. The van der Waals surface area contributed by atoms with Crippen molar-refractivity contribution in [3.8, 4) is 0 Å². The first-order valence-corrected chi connectivity index (χ1v) is 9.75. The van der Waals surface area contributed by atoms with Gasteiger partial charge in [0.15, 0.2) is 0 Å². The van der Waals surface area contributed by atoms with Crippen LogP contribution in [0.5, 0.6) is 0 Å². The molecule has 0 bridgehead atoms. The zero-order valence-corrected chi connectivity index (χ0v) is 16.1. The van der Waals surface area contributed by atoms with Gasteiger partial charge in [0, 0.05) is 24.5 Å². The molecular formula is C24H23N3O2. The Morgan fingerprint density at radius 2 is 1.59 bits per heavy atom. The molecule has 0 aliphatic carbocycles. The zero-order chi connectivity index (χ0) is 20.1. The number of nitrogens with zero attached hydrogens (tertiary/aromatic N) is 1. The molecule has 5 nitrogen and oxygen atoms in total. The molecule has 2 amide bonds. The molecule has 0 saturated heterocycles. The minimum absolute atomic E-state index is 0.00514. The maximum Gasteiger partial charge on any atom is 0.253 e. The van der Waals surface area contributed by atoms with Gasteiger partial charge in [0.25, 0.3) is 5.91 Å². The Labute approximate surface area is 170 Å². The molecule has 0 radical (unpaired) electrons. The first kappa shape index (κ1) is 18.7. The third-order valence-electron chi connectivity index (χ3n) is 5.09. The van der Waals surface area contributed by atoms with Crippen molar-refractivity contribution in [3.05, 3.63) is 95.6 Å². The summed E-state index contributed by atoms with van der Waals surface area (Å²) in [5, 5.41) is 6.08. The van der Waals surface area contributed by atoms with Crippen LogP contribution in [0.25, 0.3) is 0 Å². The Hall–Kier alpha value is -3.60. The van der Waals surface area contributed by atoms with Crippen molar-refractivity contribution in [2.75, 3.05) is 23.3 Å². The maximum atomic E-state index is 12.7. The molecule has 3 aromatic rings. The Morgan fingerprint density at radius 1 is 0.862 bits per heavy atom. The molecule has 1 aliphatic heterocycles. The van der Waals surface area contributed by atoms with E-state index < -0.39 is 0 Å². The summed E-state index contributed by atoms with van der Waals surface area (Å²) in [5.74, 6) is -0.176. The van der Waals surface area contributed by atoms with Gasteiger partial charge in [-0.3, -0.25) is 9.59 Å². The lowest BCUT2D eigenvalue weighted by Gasteiger charge is -2.19. The average molecular weight is 385 g/mol. The highest BCUT2D eigenvalue weighted by Gasteiger charge is 2.24. The Morgan fingerprint density at radius 3 is 2.45 bits per heavy atom. The lowest BCUT2D eigenvalue weighted by atomic mass is 10.1. The van der Waals surface area contributed by atoms with E-state index in [4.69, 9.17) is 0 Å². The SMILES string of the molecule is O=C(NCc1ccccc1)c1ccccc1NCC(=O)N1CCc2ccccc21. The van der Waals surface area contributed by atoms with Gasteiger partial charge >= 0.3 is 0 Å². The first-order valence-electron chi connectivity index (χ1n) is 9.75. The standard InChI is InChI=1S/C24H23N3O2/c28-23(27-15-14-19-10-4-7-13-22(19)27)17-25-21-12-6-5-11-20(21)24(29)26-16-18-8-2-1-3-9-18/h1-13,25H,14-17H2,(H,26,29). The predicted octanol–water partition coefficient (Wildman–Crippen LogP) is 3.62. The Kier molecular flexibility index (Phi) is 5.56. The number of nitrogens with one attached hydrogen (secondary N) is 2. The zero-order valence-electron chi connectivity index (χ0n) is 16.1. The predicted molar refractivity (Wildman–Crippen MR) is 115 cm³/mol. The van der Waals surface area contributed by atoms with Crippen LogP contribution in [-0.2, 0) is 17.8 Å². The van der Waals surface area contributed by atoms with Crippen LogP contribution in [0.2, 0.25) is 0 Å². The molecule has 29 heavy (non-hydrogen) atoms. The number of hydrogen-bond acceptors (Lipinski definition) is 3. The number of rotatable bonds is 6. The normalized spacial score (nSPS) is 12.3. The average Bonchev–Trinajstić information content (AvgIpc) is 3.21. The largest absolute Gasteiger partial charge is 0.375 e. The maximum absolute atomic E-state index is 12.7. The van der Waals surface area contributed by atoms with Gasteiger partial charge in [-0.05, 0) is 35.7 Å². The van der Waals surface area contributed by atoms with E-state index in [1.165, 1.54) is 5.56 Å². The molecule has 1 heterocycles. The number of anilines is 2. The minimum Gasteiger partial charge on any atom is -0.375 e. The summed E-state index contributed by atoms with van der Waals surface area (Å²) in [4.78, 5) is 27.2. The fourth-order valence-corrected chi connectivity index (χ4v) is 3.57. The Balaban J connectivity index is 1.40. The second-order valence-electron chi connectivity index (χ2n) is 6.99. The van der Waals surface area contributed by atoms with Crippen molar-refractivity contribution in [3.63, 3.8) is 0 Å². The monoisotopic (exact) mass is 385 g/mol. The van der Waals surface area contributed by atoms with Crippen molar-refractivity contribution < 1.29 is 9.59 Å². The van der Waals surface area contributed by atoms with Crippen molar-refractivity contribution in [2.45, 2.75) is 13.0 Å². The molecule has 2 N–H and O–H groups in total. The third kappa shape index (κ3) is 4.29. The van der Waals surface area contributed by atoms with Gasteiger partial charge in [-0.1, -0.05) is 60.7 Å². The van der Waals surface area contributed by atoms with Gasteiger partial charge in [-0.25, -0.2) is 0 Å². The molecule has 5 heteroatoms. The van der Waals surface area contributed by atoms with E-state index in [0.717, 1.165) is 17.7 Å². The van der Waals surface area contributed by atoms with Gasteiger partial charge in [-0.15, -0.1) is 0 Å². The van der Waals surface area contributed by atoms with Crippen molar-refractivity contribution in [2.24, 2.45) is 0 Å². The highest BCUT2D eigenvalue weighted by atomic mass is 16.2. The second kappa shape index (κ2) is 8.61. The highest BCUT2D eigenvalue weighted by Crippen LogP contribution is 2.27. The summed E-state index contributed by atoms with van der Waals surface area (Å²) < 4.78 is 0. The quantitative estimate of drug-likeness (QED) is 0.681. The van der Waals surface area contributed by atoms with Crippen LogP contribution < -0.4 is 15.5 Å². The molecule has 0 aromatic heterocycles. The van der Waals surface area contributed by atoms with Crippen LogP contribution in [-0.4, -0.2) is 24.9 Å². The molecule has 0 spiro atoms. The molecule has 0 saturated carbocycles. The first-order chi connectivity index (χ1) is 14.2. The van der Waals surface area contributed by atoms with E-state index in [2.05, 4.69) is 16.7 Å². The summed E-state index contributed by atoms with van der Waals surface area (Å²) in [5.41, 5.74) is 4.39. The summed E-state index contributed by atoms with van der Waals surface area (Å²) in [6, 6.07) is 25.0. The number of fused-ring (bicyclic) bond motifs is 1. The van der Waals surface area contributed by atoms with E-state index in [1.54, 1.807) is 11.0 Å². The molecule has 1 aliphatic rings. The molecule has 0 fully saturated rings. The molecule has 4 rings (SSSR count). The van der Waals surface area contributed by atoms with Crippen LogP contribution in [0, 0.1) is 0 Å². The minimum atomic E-state index is -0.170. The van der Waals surface area contributed by atoms with Gasteiger partial charge in [0.1, 0.15) is 0 Å². The summed E-state index contributed by atoms with van der Waals surface area (Å²) >= 11 is 0. The molecular weight excluding hydrogens is 362 g/mol. The third-order valence-corrected chi connectivity index (χ3v) is 5.09. The topological polar surface area (TPSA) is 61.4 Å². The molecule has 3 aromatic carbocycles. The number of amides is 2. The van der Waals surface area contributed by atoms with Crippen molar-refractivity contribution in [1.82, 2.24) is 5.32 Å². The van der Waals surface area contributed by atoms with E-state index in [0.29, 0.717) is 24.3 Å². The number of para-hydroxylation sites is 2. The number of hydrogen-bond donors (Lipinski definition) is 2. The number of carbonyl (C=O) groups is 2. The fourth-order valence-electron chi connectivity index (χ4n) is 3.57. The van der Waals surface area contributed by atoms with E-state index in [-0.39, 0.29) is 18.4 Å². The number of benzene rings is 3. The van der Waals surface area contributed by atoms with Gasteiger partial charge in [0.2, 0.25) is 5.91 Å². The van der Waals surface area contributed by atoms with E-state index >= 15 is 0 Å². The van der Waals surface area contributed by atoms with E-state index in [1.807, 2.05) is 66.7 Å². The van der Waals surface area contributed by atoms with Gasteiger partial charge in [-0.2, -0.15) is 0 Å². The lowest BCUT2D eigenvalue weighted by molar-refractivity contribution is -0.116. The molecule has 0 unspecified atom stereocenters. The summed E-state index contributed by atoms with van der Waals surface area (Å²) in [6.07, 6.45) is 0.875. The smallest absolute Gasteiger partial charge is 0.253 e. The van der Waals surface area contributed by atoms with Crippen molar-refractivity contribution >= 4 is 23.2 Å². The van der Waals surface area contributed by atoms with Crippen LogP contribution in [0.4, 0.5) is 11.4 Å². The Bertz CT molecular complexity index is 1020. The van der Waals surface area contributed by atoms with Crippen molar-refractivity contribution in [1.29, 1.82) is 0 Å². The van der Waals surface area contributed by atoms with E-state index in [9.17, 15) is 9.59 Å². The van der Waals surface area contributed by atoms with Gasteiger partial charge in [0.05, 0.1) is 12.1 Å². The molecule has 0 atom stereocenters. The number of carbonyl (C=O) groups excluding carboxylic acids is 2. The fraction of sp³-hybridized carbons (Fsp3) is 0.167. The summed E-state index contributed by atoms with van der Waals surface area (Å²) in [7, 11) is 0. The van der Waals surface area contributed by atoms with Crippen LogP contribution in [0.15, 0.2) is 78.9 Å².